The molecule has 1 aliphatic heterocycles. The molecular formula is C10H9NO4. The highest BCUT2D eigenvalue weighted by molar-refractivity contribution is 5.82. The van der Waals surface area contributed by atoms with Crippen LogP contribution in [0.2, 0.25) is 0 Å². The molecule has 0 spiro atoms. The normalized spacial score (nSPS) is 18.7. The van der Waals surface area contributed by atoms with Crippen molar-refractivity contribution in [2.75, 3.05) is 0 Å². The van der Waals surface area contributed by atoms with Gasteiger partial charge in [0.2, 0.25) is 0 Å². The molecule has 5 nitrogen and oxygen atoms in total. The minimum atomic E-state index is -1.21. The van der Waals surface area contributed by atoms with Crippen molar-refractivity contribution in [3.8, 4) is 0 Å². The quantitative estimate of drug-likeness (QED) is 0.727. The minimum Gasteiger partial charge on any atom is -0.479 e. The monoisotopic (exact) mass is 207 g/mol. The van der Waals surface area contributed by atoms with Crippen molar-refractivity contribution in [3.63, 3.8) is 0 Å². The lowest BCUT2D eigenvalue weighted by atomic mass is 10.1. The third kappa shape index (κ3) is 1.41. The SMILES string of the molecule is O=C(O)[C@@H]1c2ccccc2CN1C(=O)O. The highest BCUT2D eigenvalue weighted by Gasteiger charge is 2.38. The molecule has 1 aromatic rings. The molecule has 1 aliphatic rings. The summed E-state index contributed by atoms with van der Waals surface area (Å²) in [5.41, 5.74) is 1.32. The molecule has 0 bridgehead atoms. The highest BCUT2D eigenvalue weighted by Crippen LogP contribution is 2.33. The Labute approximate surface area is 85.6 Å². The number of carbonyl (C=O) groups is 2. The van der Waals surface area contributed by atoms with Gasteiger partial charge in [-0.15, -0.1) is 0 Å². The van der Waals surface area contributed by atoms with Crippen LogP contribution in [0.15, 0.2) is 24.3 Å². The lowest BCUT2D eigenvalue weighted by Crippen LogP contribution is -2.32. The smallest absolute Gasteiger partial charge is 0.408 e. The number of hydrogen-bond donors (Lipinski definition) is 2. The van der Waals surface area contributed by atoms with Crippen molar-refractivity contribution in [2.24, 2.45) is 0 Å². The zero-order valence-corrected chi connectivity index (χ0v) is 7.75. The molecule has 0 radical (unpaired) electrons. The molecule has 2 N–H and O–H groups in total. The Morgan fingerprint density at radius 3 is 2.53 bits per heavy atom. The molecule has 0 fully saturated rings. The maximum Gasteiger partial charge on any atom is 0.408 e. The van der Waals surface area contributed by atoms with Gasteiger partial charge >= 0.3 is 12.1 Å². The van der Waals surface area contributed by atoms with E-state index in [4.69, 9.17) is 10.2 Å². The Kier molecular flexibility index (Phi) is 2.07. The Balaban J connectivity index is 2.46. The van der Waals surface area contributed by atoms with Crippen LogP contribution in [0.25, 0.3) is 0 Å². The number of fused-ring (bicyclic) bond motifs is 1. The molecule has 15 heavy (non-hydrogen) atoms. The van der Waals surface area contributed by atoms with Crippen molar-refractivity contribution < 1.29 is 19.8 Å². The van der Waals surface area contributed by atoms with Crippen molar-refractivity contribution in [2.45, 2.75) is 12.6 Å². The first-order chi connectivity index (χ1) is 7.11. The topological polar surface area (TPSA) is 77.8 Å². The molecule has 0 aliphatic carbocycles. The van der Waals surface area contributed by atoms with Crippen LogP contribution < -0.4 is 0 Å². The summed E-state index contributed by atoms with van der Waals surface area (Å²) in [6.07, 6.45) is -1.21. The fourth-order valence-corrected chi connectivity index (χ4v) is 1.83. The van der Waals surface area contributed by atoms with E-state index in [-0.39, 0.29) is 6.54 Å². The molecule has 0 saturated heterocycles. The number of aliphatic carboxylic acids is 1. The second kappa shape index (κ2) is 3.27. The van der Waals surface area contributed by atoms with Gasteiger partial charge in [0.05, 0.1) is 6.54 Å². The third-order valence-electron chi connectivity index (χ3n) is 2.48. The average molecular weight is 207 g/mol. The summed E-state index contributed by atoms with van der Waals surface area (Å²) in [5, 5.41) is 17.8. The molecular weight excluding hydrogens is 198 g/mol. The molecule has 1 atom stereocenters. The summed E-state index contributed by atoms with van der Waals surface area (Å²) < 4.78 is 0. The number of benzene rings is 1. The summed E-state index contributed by atoms with van der Waals surface area (Å²) >= 11 is 0. The Bertz CT molecular complexity index is 429. The summed E-state index contributed by atoms with van der Waals surface area (Å²) in [4.78, 5) is 22.7. The van der Waals surface area contributed by atoms with Gasteiger partial charge in [-0.3, -0.25) is 4.90 Å². The van der Waals surface area contributed by atoms with Crippen molar-refractivity contribution >= 4 is 12.1 Å². The van der Waals surface area contributed by atoms with E-state index >= 15 is 0 Å². The lowest BCUT2D eigenvalue weighted by molar-refractivity contribution is -0.142. The van der Waals surface area contributed by atoms with E-state index in [9.17, 15) is 9.59 Å². The predicted octanol–water partition coefficient (Wildman–Crippen LogP) is 1.31. The van der Waals surface area contributed by atoms with E-state index in [1.165, 1.54) is 0 Å². The lowest BCUT2D eigenvalue weighted by Gasteiger charge is -2.17. The van der Waals surface area contributed by atoms with E-state index < -0.39 is 18.1 Å². The van der Waals surface area contributed by atoms with Crippen LogP contribution in [0.5, 0.6) is 0 Å². The van der Waals surface area contributed by atoms with Gasteiger partial charge in [-0.2, -0.15) is 0 Å². The summed E-state index contributed by atoms with van der Waals surface area (Å²) in [6, 6.07) is 5.80. The van der Waals surface area contributed by atoms with Crippen LogP contribution in [0.1, 0.15) is 17.2 Å². The molecule has 1 amide bonds. The number of rotatable bonds is 1. The molecule has 0 unspecified atom stereocenters. The van der Waals surface area contributed by atoms with Gasteiger partial charge in [0, 0.05) is 0 Å². The zero-order valence-electron chi connectivity index (χ0n) is 7.75. The van der Waals surface area contributed by atoms with Gasteiger partial charge in [-0.1, -0.05) is 24.3 Å². The molecule has 0 saturated carbocycles. The average Bonchev–Trinajstić information content (AvgIpc) is 2.56. The van der Waals surface area contributed by atoms with Crippen LogP contribution in [0.3, 0.4) is 0 Å². The van der Waals surface area contributed by atoms with Gasteiger partial charge in [0.1, 0.15) is 0 Å². The molecule has 1 aromatic carbocycles. The van der Waals surface area contributed by atoms with E-state index in [1.54, 1.807) is 24.3 Å². The largest absolute Gasteiger partial charge is 0.479 e. The maximum atomic E-state index is 11.0. The maximum absolute atomic E-state index is 11.0. The standard InChI is InChI=1S/C10H9NO4/c12-9(13)8-7-4-2-1-3-6(7)5-11(8)10(14)15/h1-4,8H,5H2,(H,12,13)(H,14,15)/t8-/m0/s1. The highest BCUT2D eigenvalue weighted by atomic mass is 16.4. The van der Waals surface area contributed by atoms with Crippen molar-refractivity contribution in [1.29, 1.82) is 0 Å². The van der Waals surface area contributed by atoms with E-state index in [0.717, 1.165) is 10.5 Å². The molecule has 1 heterocycles. The van der Waals surface area contributed by atoms with E-state index in [0.29, 0.717) is 5.56 Å². The van der Waals surface area contributed by atoms with E-state index in [2.05, 4.69) is 0 Å². The van der Waals surface area contributed by atoms with Crippen molar-refractivity contribution in [1.82, 2.24) is 4.90 Å². The Morgan fingerprint density at radius 1 is 1.27 bits per heavy atom. The van der Waals surface area contributed by atoms with Gasteiger partial charge in [-0.05, 0) is 11.1 Å². The van der Waals surface area contributed by atoms with Crippen LogP contribution >= 0.6 is 0 Å². The number of carboxylic acid groups (broad SMARTS) is 2. The van der Waals surface area contributed by atoms with Crippen LogP contribution in [0, 0.1) is 0 Å². The third-order valence-corrected chi connectivity index (χ3v) is 2.48. The van der Waals surface area contributed by atoms with Crippen LogP contribution in [-0.2, 0) is 11.3 Å². The number of hydrogen-bond acceptors (Lipinski definition) is 2. The summed E-state index contributed by atoms with van der Waals surface area (Å²) in [5.74, 6) is -1.14. The minimum absolute atomic E-state index is 0.141. The van der Waals surface area contributed by atoms with Crippen LogP contribution in [-0.4, -0.2) is 27.2 Å². The van der Waals surface area contributed by atoms with Gasteiger partial charge < -0.3 is 10.2 Å². The molecule has 78 valence electrons. The van der Waals surface area contributed by atoms with E-state index in [1.807, 2.05) is 0 Å². The molecule has 2 rings (SSSR count). The van der Waals surface area contributed by atoms with Crippen LogP contribution in [0.4, 0.5) is 4.79 Å². The first-order valence-corrected chi connectivity index (χ1v) is 4.41. The fraction of sp³-hybridized carbons (Fsp3) is 0.200. The first-order valence-electron chi connectivity index (χ1n) is 4.41. The zero-order chi connectivity index (χ0) is 11.0. The molecule has 0 aromatic heterocycles. The van der Waals surface area contributed by atoms with Crippen molar-refractivity contribution in [3.05, 3.63) is 35.4 Å². The second-order valence-corrected chi connectivity index (χ2v) is 3.35. The molecule has 5 heteroatoms. The summed E-state index contributed by atoms with van der Waals surface area (Å²) in [6.45, 7) is 0.141. The second-order valence-electron chi connectivity index (χ2n) is 3.35. The number of nitrogens with zero attached hydrogens (tertiary/aromatic N) is 1. The predicted molar refractivity (Wildman–Crippen MR) is 50.4 cm³/mol. The van der Waals surface area contributed by atoms with Gasteiger partial charge in [0.25, 0.3) is 0 Å². The Hall–Kier alpha value is -2.04. The number of amides is 1. The van der Waals surface area contributed by atoms with Gasteiger partial charge in [0.15, 0.2) is 6.04 Å². The first kappa shape index (κ1) is 9.51. The number of carboxylic acids is 1. The Morgan fingerprint density at radius 2 is 1.93 bits per heavy atom. The van der Waals surface area contributed by atoms with Gasteiger partial charge in [-0.25, -0.2) is 9.59 Å². The fourth-order valence-electron chi connectivity index (χ4n) is 1.83. The summed E-state index contributed by atoms with van der Waals surface area (Å²) in [7, 11) is 0.